The molecule has 1 aromatic carbocycles. The van der Waals surface area contributed by atoms with Gasteiger partial charge in [0.05, 0.1) is 12.8 Å². The van der Waals surface area contributed by atoms with E-state index >= 15 is 0 Å². The molecule has 0 saturated carbocycles. The lowest BCUT2D eigenvalue weighted by atomic mass is 10.2. The van der Waals surface area contributed by atoms with Gasteiger partial charge in [-0.3, -0.25) is 4.79 Å². The van der Waals surface area contributed by atoms with E-state index in [0.29, 0.717) is 18.7 Å². The summed E-state index contributed by atoms with van der Waals surface area (Å²) < 4.78 is 18.3. The van der Waals surface area contributed by atoms with E-state index in [1.165, 1.54) is 13.2 Å². The first-order chi connectivity index (χ1) is 7.24. The number of halogens is 1. The van der Waals surface area contributed by atoms with Crippen LogP contribution in [-0.4, -0.2) is 19.6 Å². The van der Waals surface area contributed by atoms with Gasteiger partial charge >= 0.3 is 0 Å². The summed E-state index contributed by atoms with van der Waals surface area (Å²) in [6, 6.07) is 4.60. The Kier molecular flexibility index (Phi) is 2.58. The molecule has 0 aromatic heterocycles. The normalized spacial score (nSPS) is 15.9. The molecule has 0 spiro atoms. The van der Waals surface area contributed by atoms with E-state index in [0.717, 1.165) is 6.42 Å². The number of methoxy groups -OCH3 is 1. The van der Waals surface area contributed by atoms with Gasteiger partial charge in [-0.05, 0) is 18.6 Å². The van der Waals surface area contributed by atoms with Crippen LogP contribution in [0.1, 0.15) is 12.8 Å². The Labute approximate surface area is 87.5 Å². The Morgan fingerprint density at radius 3 is 2.87 bits per heavy atom. The first-order valence-electron chi connectivity index (χ1n) is 4.87. The van der Waals surface area contributed by atoms with Crippen molar-refractivity contribution in [1.29, 1.82) is 0 Å². The molecular formula is C11H12FNO2. The number of ether oxygens (including phenoxy) is 1. The average molecular weight is 209 g/mol. The predicted octanol–water partition coefficient (Wildman–Crippen LogP) is 1.96. The maximum absolute atomic E-state index is 13.4. The van der Waals surface area contributed by atoms with Gasteiger partial charge < -0.3 is 9.64 Å². The molecule has 1 amide bonds. The molecule has 1 aromatic rings. The summed E-state index contributed by atoms with van der Waals surface area (Å²) in [5.74, 6) is -0.263. The van der Waals surface area contributed by atoms with Crippen LogP contribution in [0.4, 0.5) is 10.1 Å². The van der Waals surface area contributed by atoms with Crippen LogP contribution in [0.2, 0.25) is 0 Å². The summed E-state index contributed by atoms with van der Waals surface area (Å²) in [6.07, 6.45) is 1.35. The van der Waals surface area contributed by atoms with E-state index in [4.69, 9.17) is 4.74 Å². The molecule has 0 bridgehead atoms. The monoisotopic (exact) mass is 209 g/mol. The van der Waals surface area contributed by atoms with E-state index in [2.05, 4.69) is 0 Å². The van der Waals surface area contributed by atoms with Gasteiger partial charge in [0.2, 0.25) is 5.91 Å². The average Bonchev–Trinajstić information content (AvgIpc) is 2.64. The van der Waals surface area contributed by atoms with Crippen molar-refractivity contribution >= 4 is 11.6 Å². The molecule has 0 radical (unpaired) electrons. The Morgan fingerprint density at radius 2 is 2.27 bits per heavy atom. The third-order valence-electron chi connectivity index (χ3n) is 2.51. The number of carbonyl (C=O) groups excluding carboxylic acids is 1. The summed E-state index contributed by atoms with van der Waals surface area (Å²) >= 11 is 0. The van der Waals surface area contributed by atoms with Crippen molar-refractivity contribution in [3.63, 3.8) is 0 Å². The van der Waals surface area contributed by atoms with Crippen LogP contribution in [0.15, 0.2) is 18.2 Å². The van der Waals surface area contributed by atoms with Crippen LogP contribution >= 0.6 is 0 Å². The van der Waals surface area contributed by atoms with Crippen molar-refractivity contribution < 1.29 is 13.9 Å². The molecule has 0 N–H and O–H groups in total. The van der Waals surface area contributed by atoms with Crippen LogP contribution < -0.4 is 9.64 Å². The minimum absolute atomic E-state index is 0.0268. The van der Waals surface area contributed by atoms with Crippen LogP contribution in [0.25, 0.3) is 0 Å². The number of hydrogen-bond acceptors (Lipinski definition) is 2. The maximum Gasteiger partial charge on any atom is 0.227 e. The van der Waals surface area contributed by atoms with Gasteiger partial charge in [-0.2, -0.15) is 0 Å². The molecular weight excluding hydrogens is 197 g/mol. The fourth-order valence-electron chi connectivity index (χ4n) is 1.81. The second kappa shape index (κ2) is 3.88. The molecule has 15 heavy (non-hydrogen) atoms. The Hall–Kier alpha value is -1.58. The standard InChI is InChI=1S/C11H12FNO2/c1-15-11-8(12)4-2-5-9(11)13-7-3-6-10(13)14/h2,4-5H,3,6-7H2,1H3. The summed E-state index contributed by atoms with van der Waals surface area (Å²) in [5.41, 5.74) is 0.528. The summed E-state index contributed by atoms with van der Waals surface area (Å²) in [6.45, 7) is 0.638. The molecule has 3 nitrogen and oxygen atoms in total. The quantitative estimate of drug-likeness (QED) is 0.745. The molecule has 0 unspecified atom stereocenters. The first kappa shape index (κ1) is 9.96. The summed E-state index contributed by atoms with van der Waals surface area (Å²) in [4.78, 5) is 13.1. The van der Waals surface area contributed by atoms with E-state index in [1.807, 2.05) is 0 Å². The van der Waals surface area contributed by atoms with Crippen LogP contribution in [0, 0.1) is 5.82 Å². The third-order valence-corrected chi connectivity index (χ3v) is 2.51. The number of hydrogen-bond donors (Lipinski definition) is 0. The van der Waals surface area contributed by atoms with Gasteiger partial charge in [-0.25, -0.2) is 4.39 Å². The molecule has 1 fully saturated rings. The highest BCUT2D eigenvalue weighted by Gasteiger charge is 2.25. The molecule has 2 rings (SSSR count). The molecule has 80 valence electrons. The lowest BCUT2D eigenvalue weighted by Gasteiger charge is -2.18. The van der Waals surface area contributed by atoms with Crippen molar-refractivity contribution in [2.24, 2.45) is 0 Å². The molecule has 0 atom stereocenters. The van der Waals surface area contributed by atoms with E-state index in [9.17, 15) is 9.18 Å². The number of rotatable bonds is 2. The molecule has 4 heteroatoms. The minimum atomic E-state index is -0.435. The second-order valence-electron chi connectivity index (χ2n) is 3.44. The van der Waals surface area contributed by atoms with Crippen molar-refractivity contribution in [3.8, 4) is 5.75 Å². The van der Waals surface area contributed by atoms with Crippen LogP contribution in [0.3, 0.4) is 0 Å². The van der Waals surface area contributed by atoms with Crippen LogP contribution in [-0.2, 0) is 4.79 Å². The van der Waals surface area contributed by atoms with Gasteiger partial charge in [-0.15, -0.1) is 0 Å². The van der Waals surface area contributed by atoms with Gasteiger partial charge in [0.15, 0.2) is 11.6 Å². The molecule has 1 heterocycles. The highest BCUT2D eigenvalue weighted by molar-refractivity contribution is 5.96. The van der Waals surface area contributed by atoms with E-state index < -0.39 is 5.82 Å². The van der Waals surface area contributed by atoms with Gasteiger partial charge in [0.1, 0.15) is 0 Å². The van der Waals surface area contributed by atoms with Crippen molar-refractivity contribution in [2.75, 3.05) is 18.6 Å². The third kappa shape index (κ3) is 1.67. The molecule has 1 aliphatic rings. The zero-order valence-electron chi connectivity index (χ0n) is 8.50. The lowest BCUT2D eigenvalue weighted by molar-refractivity contribution is -0.117. The number of para-hydroxylation sites is 1. The zero-order chi connectivity index (χ0) is 10.8. The highest BCUT2D eigenvalue weighted by atomic mass is 19.1. The topological polar surface area (TPSA) is 29.5 Å². The number of amides is 1. The Balaban J connectivity index is 2.42. The molecule has 1 aliphatic heterocycles. The Morgan fingerprint density at radius 1 is 1.47 bits per heavy atom. The lowest BCUT2D eigenvalue weighted by Crippen LogP contribution is -2.24. The number of anilines is 1. The number of carbonyl (C=O) groups is 1. The maximum atomic E-state index is 13.4. The van der Waals surface area contributed by atoms with Crippen molar-refractivity contribution in [3.05, 3.63) is 24.0 Å². The fourth-order valence-corrected chi connectivity index (χ4v) is 1.81. The molecule has 0 aliphatic carbocycles. The highest BCUT2D eigenvalue weighted by Crippen LogP contribution is 2.33. The van der Waals surface area contributed by atoms with Crippen molar-refractivity contribution in [1.82, 2.24) is 0 Å². The van der Waals surface area contributed by atoms with Gasteiger partial charge in [0, 0.05) is 13.0 Å². The van der Waals surface area contributed by atoms with Gasteiger partial charge in [0.25, 0.3) is 0 Å². The Bertz CT molecular complexity index is 392. The number of benzene rings is 1. The van der Waals surface area contributed by atoms with Crippen molar-refractivity contribution in [2.45, 2.75) is 12.8 Å². The fraction of sp³-hybridized carbons (Fsp3) is 0.364. The van der Waals surface area contributed by atoms with E-state index in [-0.39, 0.29) is 11.7 Å². The SMILES string of the molecule is COc1c(F)cccc1N1CCCC1=O. The number of nitrogens with zero attached hydrogens (tertiary/aromatic N) is 1. The first-order valence-corrected chi connectivity index (χ1v) is 4.87. The van der Waals surface area contributed by atoms with E-state index in [1.54, 1.807) is 17.0 Å². The molecule has 1 saturated heterocycles. The van der Waals surface area contributed by atoms with Crippen LogP contribution in [0.5, 0.6) is 5.75 Å². The second-order valence-corrected chi connectivity index (χ2v) is 3.44. The van der Waals surface area contributed by atoms with Gasteiger partial charge in [-0.1, -0.05) is 6.07 Å². The summed E-state index contributed by atoms with van der Waals surface area (Å²) in [5, 5.41) is 0. The largest absolute Gasteiger partial charge is 0.492 e. The minimum Gasteiger partial charge on any atom is -0.492 e. The zero-order valence-corrected chi connectivity index (χ0v) is 8.50. The smallest absolute Gasteiger partial charge is 0.227 e. The summed E-state index contributed by atoms with van der Waals surface area (Å²) in [7, 11) is 1.41. The predicted molar refractivity (Wildman–Crippen MR) is 54.5 cm³/mol.